The summed E-state index contributed by atoms with van der Waals surface area (Å²) in [6.07, 6.45) is 1.95. The SMILES string of the molecule is CCNC(=NCCC(=O)N(C)C)N1CCC(C(=O)OC)CC1.I. The number of carbonyl (C=O) groups excluding carboxylic acids is 2. The summed E-state index contributed by atoms with van der Waals surface area (Å²) in [6, 6.07) is 0. The summed E-state index contributed by atoms with van der Waals surface area (Å²) in [5.74, 6) is 0.749. The number of hydrogen-bond donors (Lipinski definition) is 1. The van der Waals surface area contributed by atoms with Crippen molar-refractivity contribution in [3.8, 4) is 0 Å². The lowest BCUT2D eigenvalue weighted by molar-refractivity contribution is -0.146. The van der Waals surface area contributed by atoms with Gasteiger partial charge in [-0.1, -0.05) is 0 Å². The molecule has 1 rings (SSSR count). The van der Waals surface area contributed by atoms with Gasteiger partial charge in [0.15, 0.2) is 5.96 Å². The number of amides is 1. The molecule has 0 atom stereocenters. The molecule has 8 heteroatoms. The Balaban J connectivity index is 0.00000484. The van der Waals surface area contributed by atoms with Gasteiger partial charge in [0, 0.05) is 40.2 Å². The monoisotopic (exact) mass is 440 g/mol. The van der Waals surface area contributed by atoms with Gasteiger partial charge in [-0.3, -0.25) is 14.6 Å². The van der Waals surface area contributed by atoms with E-state index in [4.69, 9.17) is 4.74 Å². The summed E-state index contributed by atoms with van der Waals surface area (Å²) in [6.45, 7) is 4.80. The molecule has 0 unspecified atom stereocenters. The number of nitrogens with one attached hydrogen (secondary N) is 1. The van der Waals surface area contributed by atoms with Gasteiger partial charge < -0.3 is 19.9 Å². The van der Waals surface area contributed by atoms with Gasteiger partial charge in [-0.05, 0) is 19.8 Å². The first-order chi connectivity index (χ1) is 10.5. The smallest absolute Gasteiger partial charge is 0.308 e. The highest BCUT2D eigenvalue weighted by atomic mass is 127. The third-order valence-corrected chi connectivity index (χ3v) is 3.75. The number of esters is 1. The Kier molecular flexibility index (Phi) is 10.9. The van der Waals surface area contributed by atoms with Crippen molar-refractivity contribution < 1.29 is 14.3 Å². The van der Waals surface area contributed by atoms with Gasteiger partial charge in [0.2, 0.25) is 5.91 Å². The van der Waals surface area contributed by atoms with Crippen LogP contribution in [-0.4, -0.2) is 75.0 Å². The molecule has 1 N–H and O–H groups in total. The van der Waals surface area contributed by atoms with Crippen LogP contribution in [0, 0.1) is 5.92 Å². The Morgan fingerprint density at radius 1 is 1.30 bits per heavy atom. The molecule has 1 saturated heterocycles. The van der Waals surface area contributed by atoms with Crippen LogP contribution in [0.4, 0.5) is 0 Å². The number of carbonyl (C=O) groups is 2. The van der Waals surface area contributed by atoms with Crippen LogP contribution in [0.2, 0.25) is 0 Å². The fourth-order valence-corrected chi connectivity index (χ4v) is 2.40. The molecule has 0 aromatic carbocycles. The molecule has 0 aliphatic carbocycles. The van der Waals surface area contributed by atoms with Crippen LogP contribution in [0.25, 0.3) is 0 Å². The fraction of sp³-hybridized carbons (Fsp3) is 0.800. The summed E-state index contributed by atoms with van der Waals surface area (Å²) in [4.78, 5) is 31.4. The third-order valence-electron chi connectivity index (χ3n) is 3.75. The summed E-state index contributed by atoms with van der Waals surface area (Å²) in [5.41, 5.74) is 0. The van der Waals surface area contributed by atoms with Crippen molar-refractivity contribution in [3.05, 3.63) is 0 Å². The number of methoxy groups -OCH3 is 1. The molecule has 0 radical (unpaired) electrons. The number of halogens is 1. The highest BCUT2D eigenvalue weighted by Gasteiger charge is 2.26. The Morgan fingerprint density at radius 2 is 1.91 bits per heavy atom. The standard InChI is InChI=1S/C15H28N4O3.HI/c1-5-16-15(17-9-6-13(20)18(2)3)19-10-7-12(8-11-19)14(21)22-4;/h12H,5-11H2,1-4H3,(H,16,17);1H. The van der Waals surface area contributed by atoms with E-state index in [-0.39, 0.29) is 41.8 Å². The first-order valence-corrected chi connectivity index (χ1v) is 7.80. The van der Waals surface area contributed by atoms with Crippen molar-refractivity contribution in [3.63, 3.8) is 0 Å². The van der Waals surface area contributed by atoms with Gasteiger partial charge in [0.05, 0.1) is 19.6 Å². The lowest BCUT2D eigenvalue weighted by Gasteiger charge is -2.33. The van der Waals surface area contributed by atoms with Gasteiger partial charge >= 0.3 is 5.97 Å². The Hall–Kier alpha value is -1.06. The van der Waals surface area contributed by atoms with Crippen LogP contribution in [0.5, 0.6) is 0 Å². The summed E-state index contributed by atoms with van der Waals surface area (Å²) in [7, 11) is 4.92. The van der Waals surface area contributed by atoms with Crippen LogP contribution in [0.15, 0.2) is 4.99 Å². The highest BCUT2D eigenvalue weighted by molar-refractivity contribution is 14.0. The second-order valence-electron chi connectivity index (χ2n) is 5.56. The molecule has 1 aliphatic heterocycles. The fourth-order valence-electron chi connectivity index (χ4n) is 2.40. The lowest BCUT2D eigenvalue weighted by Crippen LogP contribution is -2.46. The third kappa shape index (κ3) is 7.36. The van der Waals surface area contributed by atoms with Crippen molar-refractivity contribution in [1.82, 2.24) is 15.1 Å². The van der Waals surface area contributed by atoms with Crippen LogP contribution >= 0.6 is 24.0 Å². The largest absolute Gasteiger partial charge is 0.469 e. The molecular weight excluding hydrogens is 411 g/mol. The van der Waals surface area contributed by atoms with Crippen LogP contribution < -0.4 is 5.32 Å². The molecule has 1 amide bonds. The molecule has 0 spiro atoms. The minimum absolute atomic E-state index is 0. The predicted molar refractivity (Wildman–Crippen MR) is 101 cm³/mol. The Bertz CT molecular complexity index is 408. The molecular formula is C15H29IN4O3. The molecule has 0 bridgehead atoms. The summed E-state index contributed by atoms with van der Waals surface area (Å²) < 4.78 is 4.80. The average Bonchev–Trinajstić information content (AvgIpc) is 2.53. The maximum atomic E-state index is 11.6. The van der Waals surface area contributed by atoms with E-state index < -0.39 is 0 Å². The van der Waals surface area contributed by atoms with Crippen molar-refractivity contribution >= 4 is 41.8 Å². The van der Waals surface area contributed by atoms with Crippen molar-refractivity contribution in [2.45, 2.75) is 26.2 Å². The zero-order valence-corrected chi connectivity index (χ0v) is 16.8. The van der Waals surface area contributed by atoms with E-state index in [1.54, 1.807) is 19.0 Å². The number of aliphatic imine (C=N–C) groups is 1. The number of ether oxygens (including phenoxy) is 1. The molecule has 1 heterocycles. The van der Waals surface area contributed by atoms with Gasteiger partial charge in [-0.25, -0.2) is 0 Å². The number of rotatable bonds is 5. The van der Waals surface area contributed by atoms with Gasteiger partial charge in [0.1, 0.15) is 0 Å². The first kappa shape index (κ1) is 21.9. The molecule has 134 valence electrons. The van der Waals surface area contributed by atoms with E-state index in [1.165, 1.54) is 7.11 Å². The summed E-state index contributed by atoms with van der Waals surface area (Å²) >= 11 is 0. The summed E-state index contributed by atoms with van der Waals surface area (Å²) in [5, 5.41) is 3.25. The Labute approximate surface area is 155 Å². The molecule has 1 fully saturated rings. The number of nitrogens with zero attached hydrogens (tertiary/aromatic N) is 3. The topological polar surface area (TPSA) is 74.2 Å². The molecule has 0 saturated carbocycles. The number of hydrogen-bond acceptors (Lipinski definition) is 4. The maximum absolute atomic E-state index is 11.6. The zero-order valence-electron chi connectivity index (χ0n) is 14.5. The van der Waals surface area contributed by atoms with E-state index in [0.29, 0.717) is 13.0 Å². The maximum Gasteiger partial charge on any atom is 0.308 e. The van der Waals surface area contributed by atoms with Crippen molar-refractivity contribution in [2.24, 2.45) is 10.9 Å². The quantitative estimate of drug-likeness (QED) is 0.298. The number of piperidine rings is 1. The molecule has 7 nitrogen and oxygen atoms in total. The van der Waals surface area contributed by atoms with Gasteiger partial charge in [-0.2, -0.15) is 0 Å². The minimum Gasteiger partial charge on any atom is -0.469 e. The van der Waals surface area contributed by atoms with Gasteiger partial charge in [0.25, 0.3) is 0 Å². The van der Waals surface area contributed by atoms with E-state index >= 15 is 0 Å². The van der Waals surface area contributed by atoms with Crippen LogP contribution in [0.1, 0.15) is 26.2 Å². The van der Waals surface area contributed by atoms with Gasteiger partial charge in [-0.15, -0.1) is 24.0 Å². The van der Waals surface area contributed by atoms with E-state index in [2.05, 4.69) is 15.2 Å². The van der Waals surface area contributed by atoms with Crippen molar-refractivity contribution in [2.75, 3.05) is 47.4 Å². The number of guanidine groups is 1. The lowest BCUT2D eigenvalue weighted by atomic mass is 9.97. The molecule has 0 aromatic heterocycles. The highest BCUT2D eigenvalue weighted by Crippen LogP contribution is 2.18. The van der Waals surface area contributed by atoms with Crippen molar-refractivity contribution in [1.29, 1.82) is 0 Å². The van der Waals surface area contributed by atoms with Crippen LogP contribution in [0.3, 0.4) is 0 Å². The van der Waals surface area contributed by atoms with E-state index in [0.717, 1.165) is 38.4 Å². The van der Waals surface area contributed by atoms with Crippen LogP contribution in [-0.2, 0) is 14.3 Å². The second-order valence-corrected chi connectivity index (χ2v) is 5.56. The normalized spacial score (nSPS) is 15.7. The number of likely N-dealkylation sites (tertiary alicyclic amines) is 1. The molecule has 23 heavy (non-hydrogen) atoms. The molecule has 0 aromatic rings. The second kappa shape index (κ2) is 11.5. The van der Waals surface area contributed by atoms with E-state index in [9.17, 15) is 9.59 Å². The average molecular weight is 440 g/mol. The first-order valence-electron chi connectivity index (χ1n) is 7.80. The predicted octanol–water partition coefficient (Wildman–Crippen LogP) is 0.933. The zero-order chi connectivity index (χ0) is 16.5. The molecule has 1 aliphatic rings. The minimum atomic E-state index is -0.127. The Morgan fingerprint density at radius 3 is 2.39 bits per heavy atom. The van der Waals surface area contributed by atoms with E-state index in [1.807, 2.05) is 6.92 Å².